The summed E-state index contributed by atoms with van der Waals surface area (Å²) in [4.78, 5) is 4.85. The highest BCUT2D eigenvalue weighted by atomic mass is 79.9. The summed E-state index contributed by atoms with van der Waals surface area (Å²) in [5.41, 5.74) is 17.4. The van der Waals surface area contributed by atoms with Gasteiger partial charge in [-0.25, -0.2) is 9.51 Å². The van der Waals surface area contributed by atoms with Gasteiger partial charge in [-0.1, -0.05) is 34.6 Å². The molecule has 2 aromatic heterocycles. The van der Waals surface area contributed by atoms with Crippen LogP contribution in [0.5, 0.6) is 5.75 Å². The Bertz CT molecular complexity index is 1390. The number of halogens is 1. The van der Waals surface area contributed by atoms with E-state index in [4.69, 9.17) is 20.9 Å². The Morgan fingerprint density at radius 3 is 2.50 bits per heavy atom. The molecule has 0 radical (unpaired) electrons. The minimum atomic E-state index is -1.93. The fourth-order valence-corrected chi connectivity index (χ4v) is 6.21. The predicted molar refractivity (Wildman–Crippen MR) is 165 cm³/mol. The van der Waals surface area contributed by atoms with E-state index < -0.39 is 8.32 Å². The number of hydrogen-bond donors (Lipinski definition) is 3. The average molecular weight is 600 g/mol. The Morgan fingerprint density at radius 1 is 1.24 bits per heavy atom. The van der Waals surface area contributed by atoms with E-state index in [1.54, 1.807) is 6.20 Å². The molecule has 0 saturated heterocycles. The van der Waals surface area contributed by atoms with Crippen molar-refractivity contribution in [3.63, 3.8) is 0 Å². The van der Waals surface area contributed by atoms with Gasteiger partial charge in [-0.3, -0.25) is 0 Å². The monoisotopic (exact) mass is 598 g/mol. The lowest BCUT2D eigenvalue weighted by atomic mass is 9.75. The number of anilines is 1. The topological polar surface area (TPSA) is 103 Å². The molecule has 0 unspecified atom stereocenters. The molecule has 5 N–H and O–H groups in total. The van der Waals surface area contributed by atoms with Crippen molar-refractivity contribution in [1.82, 2.24) is 9.61 Å². The fourth-order valence-electron chi connectivity index (χ4n) is 4.78. The van der Waals surface area contributed by atoms with Crippen LogP contribution in [0.1, 0.15) is 65.5 Å². The number of nitrogens with one attached hydrogen (secondary N) is 1. The van der Waals surface area contributed by atoms with Gasteiger partial charge in [0, 0.05) is 27.7 Å². The first kappa shape index (κ1) is 28.6. The molecular weight excluding hydrogens is 556 g/mol. The summed E-state index contributed by atoms with van der Waals surface area (Å²) in [7, 11) is -1.93. The summed E-state index contributed by atoms with van der Waals surface area (Å²) in [5, 5.41) is 8.54. The molecule has 206 valence electrons. The van der Waals surface area contributed by atoms with Crippen LogP contribution in [-0.2, 0) is 0 Å². The molecule has 1 aliphatic rings. The van der Waals surface area contributed by atoms with E-state index in [9.17, 15) is 0 Å². The summed E-state index contributed by atoms with van der Waals surface area (Å²) < 4.78 is 9.29. The van der Waals surface area contributed by atoms with Gasteiger partial charge in [0.2, 0.25) is 8.32 Å². The summed E-state index contributed by atoms with van der Waals surface area (Å²) in [6, 6.07) is 8.26. The zero-order valence-corrected chi connectivity index (χ0v) is 26.8. The van der Waals surface area contributed by atoms with Gasteiger partial charge >= 0.3 is 0 Å². The number of amidine groups is 1. The van der Waals surface area contributed by atoms with Crippen molar-refractivity contribution < 1.29 is 4.43 Å². The molecule has 1 aliphatic carbocycles. The lowest BCUT2D eigenvalue weighted by molar-refractivity contribution is 0.215. The number of fused-ring (bicyclic) bond motifs is 1. The number of aromatic nitrogens is 2. The van der Waals surface area contributed by atoms with Crippen LogP contribution in [-0.4, -0.2) is 35.3 Å². The third kappa shape index (κ3) is 5.25. The molecule has 1 saturated carbocycles. The Balaban J connectivity index is 1.71. The lowest BCUT2D eigenvalue weighted by Gasteiger charge is -2.39. The molecular formula is C29H43BrN6OSi. The van der Waals surface area contributed by atoms with Crippen LogP contribution < -0.4 is 21.2 Å². The predicted octanol–water partition coefficient (Wildman–Crippen LogP) is 7.14. The minimum Gasteiger partial charge on any atom is -0.543 e. The molecule has 9 heteroatoms. The van der Waals surface area contributed by atoms with Crippen LogP contribution >= 0.6 is 15.9 Å². The third-order valence-electron chi connectivity index (χ3n) is 9.08. The fraction of sp³-hybridized carbons (Fsp3) is 0.517. The van der Waals surface area contributed by atoms with Crippen molar-refractivity contribution in [2.75, 3.05) is 5.32 Å². The van der Waals surface area contributed by atoms with E-state index in [2.05, 4.69) is 87.0 Å². The molecule has 38 heavy (non-hydrogen) atoms. The van der Waals surface area contributed by atoms with Crippen LogP contribution in [0.25, 0.3) is 5.52 Å². The van der Waals surface area contributed by atoms with Gasteiger partial charge in [0.1, 0.15) is 11.6 Å². The van der Waals surface area contributed by atoms with E-state index in [-0.39, 0.29) is 22.0 Å². The molecule has 7 nitrogen and oxygen atoms in total. The van der Waals surface area contributed by atoms with Gasteiger partial charge in [-0.15, -0.1) is 0 Å². The number of nitrogens with two attached hydrogens (primary N) is 2. The van der Waals surface area contributed by atoms with Crippen LogP contribution in [0, 0.1) is 12.3 Å². The summed E-state index contributed by atoms with van der Waals surface area (Å²) >= 11 is 3.60. The second-order valence-corrected chi connectivity index (χ2v) is 18.7. The van der Waals surface area contributed by atoms with Gasteiger partial charge in [-0.2, -0.15) is 5.10 Å². The van der Waals surface area contributed by atoms with Gasteiger partial charge < -0.3 is 21.2 Å². The van der Waals surface area contributed by atoms with Crippen LogP contribution in [0.15, 0.2) is 46.1 Å². The zero-order chi connectivity index (χ0) is 28.3. The maximum Gasteiger partial charge on any atom is 0.250 e. The smallest absolute Gasteiger partial charge is 0.250 e. The molecule has 1 fully saturated rings. The third-order valence-corrected chi connectivity index (χ3v) is 13.9. The molecule has 2 atom stereocenters. The van der Waals surface area contributed by atoms with Crippen LogP contribution in [0.3, 0.4) is 0 Å². The number of hydrogen-bond acceptors (Lipinski definition) is 5. The van der Waals surface area contributed by atoms with Crippen LogP contribution in [0.4, 0.5) is 11.4 Å². The van der Waals surface area contributed by atoms with E-state index in [1.807, 2.05) is 35.8 Å². The molecule has 4 rings (SSSR count). The number of aryl methyl sites for hydroxylation is 1. The van der Waals surface area contributed by atoms with Gasteiger partial charge in [0.05, 0.1) is 28.7 Å². The van der Waals surface area contributed by atoms with E-state index in [0.29, 0.717) is 5.84 Å². The van der Waals surface area contributed by atoms with Crippen molar-refractivity contribution in [2.45, 2.75) is 91.0 Å². The van der Waals surface area contributed by atoms with Crippen molar-refractivity contribution >= 4 is 47.0 Å². The van der Waals surface area contributed by atoms with E-state index in [1.165, 1.54) is 0 Å². The molecule has 1 aromatic carbocycles. The first-order valence-electron chi connectivity index (χ1n) is 13.3. The first-order chi connectivity index (χ1) is 17.4. The SMILES string of the molecule is Cc1cc(O[Si](C)(C)C(C)(C)C)ccc1N=C(N)c1cnn2cc(Br)cc2c1N[C@@H]1CC[C@](C)(N)C1(C)C. The second kappa shape index (κ2) is 9.68. The standard InChI is InChI=1S/C29H43BrN6OSi/c1-18-14-20(37-38(8,9)27(2,3)4)10-11-22(18)34-26(31)21-16-33-36-17-19(30)15-23(36)25(21)35-24-12-13-29(7,32)28(24,5)6/h10-11,14-17,24,35H,12-13,32H2,1-9H3,(H2,31,34)/t24-,29+/m1/s1. The summed E-state index contributed by atoms with van der Waals surface area (Å²) in [5.74, 6) is 1.29. The normalized spacial score (nSPS) is 22.2. The molecule has 0 amide bonds. The highest BCUT2D eigenvalue weighted by Crippen LogP contribution is 2.46. The largest absolute Gasteiger partial charge is 0.543 e. The summed E-state index contributed by atoms with van der Waals surface area (Å²) in [6.45, 7) is 19.9. The van der Waals surface area contributed by atoms with Gasteiger partial charge in [-0.05, 0) is 90.6 Å². The quantitative estimate of drug-likeness (QED) is 0.159. The lowest BCUT2D eigenvalue weighted by Crippen LogP contribution is -2.51. The molecule has 0 aliphatic heterocycles. The van der Waals surface area contributed by atoms with Crippen molar-refractivity contribution in [3.8, 4) is 5.75 Å². The number of aliphatic imine (C=N–C) groups is 1. The minimum absolute atomic E-state index is 0.114. The maximum absolute atomic E-state index is 6.69. The highest BCUT2D eigenvalue weighted by molar-refractivity contribution is 9.10. The Labute approximate surface area is 236 Å². The van der Waals surface area contributed by atoms with Crippen molar-refractivity contribution in [2.24, 2.45) is 21.9 Å². The second-order valence-electron chi connectivity index (χ2n) is 13.1. The first-order valence-corrected chi connectivity index (χ1v) is 17.0. The van der Waals surface area contributed by atoms with E-state index in [0.717, 1.165) is 51.1 Å². The van der Waals surface area contributed by atoms with Gasteiger partial charge in [0.15, 0.2) is 0 Å². The zero-order valence-electron chi connectivity index (χ0n) is 24.2. The molecule has 2 heterocycles. The molecule has 0 spiro atoms. The Kier molecular flexibility index (Phi) is 7.29. The van der Waals surface area contributed by atoms with E-state index >= 15 is 0 Å². The number of benzene rings is 1. The van der Waals surface area contributed by atoms with Gasteiger partial charge in [0.25, 0.3) is 0 Å². The molecule has 3 aromatic rings. The maximum atomic E-state index is 6.69. The summed E-state index contributed by atoms with van der Waals surface area (Å²) in [6.07, 6.45) is 5.65. The Morgan fingerprint density at radius 2 is 1.92 bits per heavy atom. The van der Waals surface area contributed by atoms with Crippen molar-refractivity contribution in [1.29, 1.82) is 0 Å². The van der Waals surface area contributed by atoms with Crippen LogP contribution in [0.2, 0.25) is 18.1 Å². The number of rotatable bonds is 6. The highest BCUT2D eigenvalue weighted by Gasteiger charge is 2.49. The Hall–Kier alpha value is -2.36. The molecule has 0 bridgehead atoms. The average Bonchev–Trinajstić information content (AvgIpc) is 3.25. The number of nitrogens with zero attached hydrogens (tertiary/aromatic N) is 3. The van der Waals surface area contributed by atoms with Crippen molar-refractivity contribution in [3.05, 3.63) is 52.3 Å².